The molecule has 0 aliphatic heterocycles. The zero-order valence-electron chi connectivity index (χ0n) is 15.0. The van der Waals surface area contributed by atoms with Gasteiger partial charge in [-0.3, -0.25) is 4.79 Å². The van der Waals surface area contributed by atoms with Crippen molar-refractivity contribution in [3.8, 4) is 5.75 Å². The van der Waals surface area contributed by atoms with E-state index in [4.69, 9.17) is 9.84 Å². The molecule has 0 saturated heterocycles. The van der Waals surface area contributed by atoms with Crippen molar-refractivity contribution >= 4 is 11.9 Å². The molecule has 2 aromatic carbocycles. The second-order valence-corrected chi connectivity index (χ2v) is 6.30. The first-order valence-electron chi connectivity index (χ1n) is 8.49. The molecule has 4 N–H and O–H groups in total. The Morgan fingerprint density at radius 2 is 1.74 bits per heavy atom. The Kier molecular flexibility index (Phi) is 6.92. The molecule has 0 unspecified atom stereocenters. The topological polar surface area (TPSA) is 116 Å². The van der Waals surface area contributed by atoms with Crippen LogP contribution >= 0.6 is 0 Å². The number of nitrogens with one attached hydrogen (secondary N) is 1. The monoisotopic (exact) mass is 373 g/mol. The van der Waals surface area contributed by atoms with Gasteiger partial charge in [0.25, 0.3) is 5.91 Å². The van der Waals surface area contributed by atoms with Crippen molar-refractivity contribution in [1.82, 2.24) is 5.32 Å². The van der Waals surface area contributed by atoms with Crippen LogP contribution in [0.25, 0.3) is 0 Å². The third-order valence-corrected chi connectivity index (χ3v) is 4.15. The molecule has 0 aliphatic rings. The molecule has 2 rings (SSSR count). The molecule has 2 atom stereocenters. The van der Waals surface area contributed by atoms with Crippen molar-refractivity contribution in [2.45, 2.75) is 25.0 Å². The number of aliphatic carboxylic acids is 1. The van der Waals surface area contributed by atoms with Gasteiger partial charge in [-0.15, -0.1) is 0 Å². The summed E-state index contributed by atoms with van der Waals surface area (Å²) in [6, 6.07) is 15.9. The van der Waals surface area contributed by atoms with Crippen molar-refractivity contribution in [1.29, 1.82) is 0 Å². The molecule has 0 heterocycles. The Balaban J connectivity index is 1.78. The number of rotatable bonds is 9. The summed E-state index contributed by atoms with van der Waals surface area (Å²) in [5, 5.41) is 31.1. The van der Waals surface area contributed by atoms with Gasteiger partial charge in [0.05, 0.1) is 0 Å². The summed E-state index contributed by atoms with van der Waals surface area (Å²) >= 11 is 0. The summed E-state index contributed by atoms with van der Waals surface area (Å²) in [6.07, 6.45) is -0.933. The number of aliphatic hydroxyl groups excluding tert-OH is 1. The van der Waals surface area contributed by atoms with Crippen LogP contribution in [0.4, 0.5) is 0 Å². The predicted molar refractivity (Wildman–Crippen MR) is 98.7 cm³/mol. The minimum absolute atomic E-state index is 0.130. The molecule has 0 radical (unpaired) electrons. The van der Waals surface area contributed by atoms with E-state index in [2.05, 4.69) is 5.32 Å². The summed E-state index contributed by atoms with van der Waals surface area (Å²) < 4.78 is 5.32. The van der Waals surface area contributed by atoms with Crippen LogP contribution in [0.15, 0.2) is 54.6 Å². The molecule has 0 aliphatic carbocycles. The minimum atomic E-state index is -2.28. The number of benzene rings is 2. The van der Waals surface area contributed by atoms with E-state index in [0.29, 0.717) is 24.3 Å². The number of carboxylic acid groups (broad SMARTS) is 1. The molecule has 7 heteroatoms. The van der Waals surface area contributed by atoms with Gasteiger partial charge in [-0.05, 0) is 43.2 Å². The molecule has 2 aromatic rings. The first-order chi connectivity index (χ1) is 12.8. The smallest absolute Gasteiger partial charge is 0.338 e. The van der Waals surface area contributed by atoms with Crippen LogP contribution in [0, 0.1) is 0 Å². The maximum atomic E-state index is 11.9. The number of aliphatic hydroxyl groups is 2. The van der Waals surface area contributed by atoms with E-state index >= 15 is 0 Å². The second kappa shape index (κ2) is 9.16. The largest absolute Gasteiger partial charge is 0.491 e. The first-order valence-corrected chi connectivity index (χ1v) is 8.49. The lowest BCUT2D eigenvalue weighted by molar-refractivity contribution is -0.170. The number of carboxylic acids is 1. The highest BCUT2D eigenvalue weighted by Gasteiger charge is 2.38. The van der Waals surface area contributed by atoms with Crippen molar-refractivity contribution in [3.05, 3.63) is 65.7 Å². The van der Waals surface area contributed by atoms with Crippen LogP contribution in [0.1, 0.15) is 22.8 Å². The lowest BCUT2D eigenvalue weighted by atomic mass is 10.0. The first kappa shape index (κ1) is 20.4. The third-order valence-electron chi connectivity index (χ3n) is 4.15. The van der Waals surface area contributed by atoms with Crippen molar-refractivity contribution in [2.75, 3.05) is 13.2 Å². The fraction of sp³-hybridized carbons (Fsp3) is 0.300. The molecule has 0 aromatic heterocycles. The number of hydrogen-bond acceptors (Lipinski definition) is 5. The summed E-state index contributed by atoms with van der Waals surface area (Å²) in [7, 11) is 0. The van der Waals surface area contributed by atoms with Crippen molar-refractivity contribution in [3.63, 3.8) is 0 Å². The van der Waals surface area contributed by atoms with Gasteiger partial charge >= 0.3 is 5.97 Å². The maximum absolute atomic E-state index is 11.9. The van der Waals surface area contributed by atoms with Crippen molar-refractivity contribution in [2.24, 2.45) is 0 Å². The van der Waals surface area contributed by atoms with E-state index in [1.165, 1.54) is 0 Å². The molecular weight excluding hydrogens is 350 g/mol. The average Bonchev–Trinajstić information content (AvgIpc) is 2.67. The van der Waals surface area contributed by atoms with Gasteiger partial charge < -0.3 is 25.4 Å². The third kappa shape index (κ3) is 5.80. The molecule has 7 nitrogen and oxygen atoms in total. The molecule has 0 spiro atoms. The van der Waals surface area contributed by atoms with Crippen LogP contribution in [-0.4, -0.2) is 52.1 Å². The molecule has 144 valence electrons. The zero-order chi connectivity index (χ0) is 19.9. The van der Waals surface area contributed by atoms with Crippen molar-refractivity contribution < 1.29 is 29.6 Å². The van der Waals surface area contributed by atoms with Gasteiger partial charge in [0.2, 0.25) is 0 Å². The van der Waals surface area contributed by atoms with Gasteiger partial charge in [0, 0.05) is 12.1 Å². The van der Waals surface area contributed by atoms with E-state index in [-0.39, 0.29) is 12.5 Å². The summed E-state index contributed by atoms with van der Waals surface area (Å²) in [5.41, 5.74) is -0.692. The molecule has 0 bridgehead atoms. The lowest BCUT2D eigenvalue weighted by Gasteiger charge is -2.24. The van der Waals surface area contributed by atoms with E-state index in [1.54, 1.807) is 36.4 Å². The summed E-state index contributed by atoms with van der Waals surface area (Å²) in [6.45, 7) is 1.14. The second-order valence-electron chi connectivity index (χ2n) is 6.30. The lowest BCUT2D eigenvalue weighted by Crippen LogP contribution is -2.49. The standard InChI is InChI=1S/C20H23NO6/c1-20(26,19(24)25)17(22)13-27-16-9-7-14(8-10-16)11-12-21-18(23)15-5-3-2-4-6-15/h2-10,17,22,26H,11-13H2,1H3,(H,21,23)(H,24,25)/t17-,20+/m1/s1. The van der Waals surface area contributed by atoms with Crippen LogP contribution in [0.2, 0.25) is 0 Å². The van der Waals surface area contributed by atoms with Crippen LogP contribution in [0.3, 0.4) is 0 Å². The van der Waals surface area contributed by atoms with E-state index in [0.717, 1.165) is 12.5 Å². The number of hydrogen-bond donors (Lipinski definition) is 4. The highest BCUT2D eigenvalue weighted by Crippen LogP contribution is 2.16. The number of carbonyl (C=O) groups excluding carboxylic acids is 1. The van der Waals surface area contributed by atoms with E-state index in [9.17, 15) is 19.8 Å². The summed E-state index contributed by atoms with van der Waals surface area (Å²) in [5.74, 6) is -1.21. The Hall–Kier alpha value is -2.90. The predicted octanol–water partition coefficient (Wildman–Crippen LogP) is 1.23. The van der Waals surface area contributed by atoms with Gasteiger partial charge in [0.1, 0.15) is 18.5 Å². The average molecular weight is 373 g/mol. The maximum Gasteiger partial charge on any atom is 0.338 e. The van der Waals surface area contributed by atoms with Gasteiger partial charge in [-0.1, -0.05) is 30.3 Å². The number of carbonyl (C=O) groups is 2. The van der Waals surface area contributed by atoms with E-state index < -0.39 is 17.7 Å². The molecule has 0 fully saturated rings. The Labute approximate surface area is 157 Å². The van der Waals surface area contributed by atoms with E-state index in [1.807, 2.05) is 18.2 Å². The quantitative estimate of drug-likeness (QED) is 0.525. The zero-order valence-corrected chi connectivity index (χ0v) is 15.0. The highest BCUT2D eigenvalue weighted by atomic mass is 16.5. The molecule has 1 amide bonds. The fourth-order valence-corrected chi connectivity index (χ4v) is 2.24. The van der Waals surface area contributed by atoms with Crippen LogP contribution in [-0.2, 0) is 11.2 Å². The molecule has 0 saturated carbocycles. The molecule has 27 heavy (non-hydrogen) atoms. The molecular formula is C20H23NO6. The normalized spacial score (nSPS) is 14.0. The number of ether oxygens (including phenoxy) is 1. The van der Waals surface area contributed by atoms with Gasteiger partial charge in [0.15, 0.2) is 5.60 Å². The minimum Gasteiger partial charge on any atom is -0.491 e. The highest BCUT2D eigenvalue weighted by molar-refractivity contribution is 5.94. The van der Waals surface area contributed by atoms with Gasteiger partial charge in [-0.2, -0.15) is 0 Å². The Bertz CT molecular complexity index is 758. The number of amides is 1. The summed E-state index contributed by atoms with van der Waals surface area (Å²) in [4.78, 5) is 22.8. The fourth-order valence-electron chi connectivity index (χ4n) is 2.24. The SMILES string of the molecule is C[C@@](O)(C(=O)O)[C@H](O)COc1ccc(CCNC(=O)c2ccccc2)cc1. The Morgan fingerprint density at radius 1 is 1.11 bits per heavy atom. The van der Waals surface area contributed by atoms with Crippen LogP contribution in [0.5, 0.6) is 5.75 Å². The Morgan fingerprint density at radius 3 is 2.33 bits per heavy atom. The van der Waals surface area contributed by atoms with Gasteiger partial charge in [-0.25, -0.2) is 4.79 Å². The van der Waals surface area contributed by atoms with Crippen LogP contribution < -0.4 is 10.1 Å².